The van der Waals surface area contributed by atoms with Crippen molar-refractivity contribution in [1.82, 2.24) is 19.8 Å². The van der Waals surface area contributed by atoms with E-state index in [1.165, 1.54) is 19.3 Å². The number of aromatic nitrogens is 2. The maximum Gasteiger partial charge on any atom is 0.263 e. The average molecular weight is 436 g/mol. The maximum absolute atomic E-state index is 13.0. The first-order chi connectivity index (χ1) is 15.7. The van der Waals surface area contributed by atoms with E-state index in [9.17, 15) is 4.79 Å². The molecule has 0 radical (unpaired) electrons. The zero-order valence-corrected chi connectivity index (χ0v) is 18.9. The second kappa shape index (κ2) is 9.45. The van der Waals surface area contributed by atoms with Crippen LogP contribution in [0.15, 0.2) is 36.5 Å². The van der Waals surface area contributed by atoms with E-state index in [-0.39, 0.29) is 5.91 Å². The fourth-order valence-electron chi connectivity index (χ4n) is 4.89. The van der Waals surface area contributed by atoms with Crippen LogP contribution in [0, 0.1) is 0 Å². The normalized spacial score (nSPS) is 20.8. The molecule has 2 fully saturated rings. The van der Waals surface area contributed by atoms with Crippen LogP contribution in [0.2, 0.25) is 0 Å². The van der Waals surface area contributed by atoms with Gasteiger partial charge in [0.25, 0.3) is 5.91 Å². The van der Waals surface area contributed by atoms with Gasteiger partial charge in [0.1, 0.15) is 5.75 Å². The number of amides is 1. The van der Waals surface area contributed by atoms with Crippen molar-refractivity contribution in [2.24, 2.45) is 0 Å². The highest BCUT2D eigenvalue weighted by Crippen LogP contribution is 2.26. The fourth-order valence-corrected chi connectivity index (χ4v) is 4.89. The van der Waals surface area contributed by atoms with E-state index < -0.39 is 6.10 Å². The molecule has 5 rings (SSSR count). The Kier molecular flexibility index (Phi) is 6.26. The van der Waals surface area contributed by atoms with Gasteiger partial charge < -0.3 is 14.5 Å². The zero-order chi connectivity index (χ0) is 21.9. The lowest BCUT2D eigenvalue weighted by molar-refractivity contribution is -0.137. The molecule has 2 aliphatic heterocycles. The van der Waals surface area contributed by atoms with Crippen molar-refractivity contribution >= 4 is 11.9 Å². The second-order valence-corrected chi connectivity index (χ2v) is 9.15. The Morgan fingerprint density at radius 2 is 1.78 bits per heavy atom. The molecule has 3 aliphatic rings. The van der Waals surface area contributed by atoms with Crippen LogP contribution >= 0.6 is 0 Å². The van der Waals surface area contributed by atoms with E-state index in [0.29, 0.717) is 13.1 Å². The molecule has 1 saturated heterocycles. The summed E-state index contributed by atoms with van der Waals surface area (Å²) in [5, 5.41) is 0. The molecule has 0 N–H and O–H groups in total. The third-order valence-electron chi connectivity index (χ3n) is 7.11. The molecule has 1 unspecified atom stereocenters. The van der Waals surface area contributed by atoms with Gasteiger partial charge in [-0.2, -0.15) is 0 Å². The molecule has 1 saturated carbocycles. The number of nitrogens with zero attached hydrogens (tertiary/aromatic N) is 5. The highest BCUT2D eigenvalue weighted by molar-refractivity contribution is 5.81. The van der Waals surface area contributed by atoms with Crippen molar-refractivity contribution in [2.45, 2.75) is 51.2 Å². The molecule has 32 heavy (non-hydrogen) atoms. The number of para-hydroxylation sites is 1. The number of carbonyl (C=O) groups is 1. The number of benzene rings is 1. The Hall–Kier alpha value is -2.67. The van der Waals surface area contributed by atoms with Gasteiger partial charge in [0.05, 0.1) is 5.69 Å². The van der Waals surface area contributed by atoms with Crippen molar-refractivity contribution in [3.8, 4) is 5.75 Å². The third kappa shape index (κ3) is 4.58. The first kappa shape index (κ1) is 21.2. The largest absolute Gasteiger partial charge is 0.481 e. The summed E-state index contributed by atoms with van der Waals surface area (Å²) in [7, 11) is 0. The van der Waals surface area contributed by atoms with Crippen molar-refractivity contribution in [1.29, 1.82) is 0 Å². The smallest absolute Gasteiger partial charge is 0.263 e. The SMILES string of the molecule is CC(Oc1ccccc1)C(=O)N1CCc2cnc(N3CCN(C4CCC4)CC3)nc2CC1. The number of hydrogen-bond donors (Lipinski definition) is 0. The van der Waals surface area contributed by atoms with Gasteiger partial charge in [-0.1, -0.05) is 24.6 Å². The predicted octanol–water partition coefficient (Wildman–Crippen LogP) is 2.55. The minimum atomic E-state index is -0.507. The maximum atomic E-state index is 13.0. The Bertz CT molecular complexity index is 925. The predicted molar refractivity (Wildman–Crippen MR) is 124 cm³/mol. The topological polar surface area (TPSA) is 61.8 Å². The van der Waals surface area contributed by atoms with Crippen molar-refractivity contribution in [3.63, 3.8) is 0 Å². The first-order valence-electron chi connectivity index (χ1n) is 12.0. The molecule has 3 heterocycles. The van der Waals surface area contributed by atoms with Crippen LogP contribution in [0.1, 0.15) is 37.4 Å². The van der Waals surface area contributed by atoms with Crippen LogP contribution in [0.25, 0.3) is 0 Å². The molecule has 1 amide bonds. The van der Waals surface area contributed by atoms with Crippen LogP contribution in [-0.4, -0.2) is 77.1 Å². The van der Waals surface area contributed by atoms with Crippen LogP contribution < -0.4 is 9.64 Å². The first-order valence-corrected chi connectivity index (χ1v) is 12.0. The summed E-state index contributed by atoms with van der Waals surface area (Å²) in [6.07, 6.45) is 7.13. The van der Waals surface area contributed by atoms with Gasteiger partial charge in [0.15, 0.2) is 6.10 Å². The summed E-state index contributed by atoms with van der Waals surface area (Å²) in [5.74, 6) is 1.60. The van der Waals surface area contributed by atoms with Gasteiger partial charge in [0, 0.05) is 57.9 Å². The van der Waals surface area contributed by atoms with Crippen LogP contribution in [0.5, 0.6) is 5.75 Å². The van der Waals surface area contributed by atoms with Crippen LogP contribution in [0.4, 0.5) is 5.95 Å². The molecule has 1 aromatic carbocycles. The number of anilines is 1. The van der Waals surface area contributed by atoms with E-state index in [1.54, 1.807) is 0 Å². The average Bonchev–Trinajstić information content (AvgIpc) is 3.01. The number of piperazine rings is 1. The van der Waals surface area contributed by atoms with Crippen LogP contribution in [0.3, 0.4) is 0 Å². The van der Waals surface area contributed by atoms with Crippen LogP contribution in [-0.2, 0) is 17.6 Å². The van der Waals surface area contributed by atoms with Gasteiger partial charge in [-0.05, 0) is 43.9 Å². The third-order valence-corrected chi connectivity index (χ3v) is 7.11. The number of carbonyl (C=O) groups excluding carboxylic acids is 1. The quantitative estimate of drug-likeness (QED) is 0.719. The van der Waals surface area contributed by atoms with Crippen molar-refractivity contribution in [2.75, 3.05) is 44.2 Å². The number of fused-ring (bicyclic) bond motifs is 1. The van der Waals surface area contributed by atoms with E-state index in [0.717, 1.165) is 68.0 Å². The highest BCUT2D eigenvalue weighted by Gasteiger charge is 2.29. The molecule has 0 bridgehead atoms. The van der Waals surface area contributed by atoms with E-state index in [2.05, 4.69) is 9.80 Å². The molecule has 7 heteroatoms. The second-order valence-electron chi connectivity index (χ2n) is 9.15. The monoisotopic (exact) mass is 435 g/mol. The molecule has 0 spiro atoms. The number of rotatable bonds is 5. The van der Waals surface area contributed by atoms with Gasteiger partial charge in [0.2, 0.25) is 5.95 Å². The Labute approximate surface area is 190 Å². The Morgan fingerprint density at radius 1 is 1.03 bits per heavy atom. The molecule has 1 aromatic heterocycles. The molecule has 1 aliphatic carbocycles. The molecule has 1 atom stereocenters. The van der Waals surface area contributed by atoms with Gasteiger partial charge in [-0.3, -0.25) is 9.69 Å². The van der Waals surface area contributed by atoms with Gasteiger partial charge >= 0.3 is 0 Å². The van der Waals surface area contributed by atoms with E-state index >= 15 is 0 Å². The van der Waals surface area contributed by atoms with Gasteiger partial charge in [-0.15, -0.1) is 0 Å². The fraction of sp³-hybridized carbons (Fsp3) is 0.560. The highest BCUT2D eigenvalue weighted by atomic mass is 16.5. The summed E-state index contributed by atoms with van der Waals surface area (Å²) in [6.45, 7) is 7.37. The minimum Gasteiger partial charge on any atom is -0.481 e. The van der Waals surface area contributed by atoms with Crippen molar-refractivity contribution < 1.29 is 9.53 Å². The van der Waals surface area contributed by atoms with E-state index in [4.69, 9.17) is 14.7 Å². The zero-order valence-electron chi connectivity index (χ0n) is 18.9. The lowest BCUT2D eigenvalue weighted by Gasteiger charge is -2.43. The molecule has 2 aromatic rings. The minimum absolute atomic E-state index is 0.0296. The summed E-state index contributed by atoms with van der Waals surface area (Å²) in [4.78, 5) is 29.5. The molecule has 7 nitrogen and oxygen atoms in total. The summed E-state index contributed by atoms with van der Waals surface area (Å²) >= 11 is 0. The lowest BCUT2D eigenvalue weighted by atomic mass is 9.91. The van der Waals surface area contributed by atoms with Crippen molar-refractivity contribution in [3.05, 3.63) is 47.8 Å². The van der Waals surface area contributed by atoms with E-state index in [1.807, 2.05) is 48.4 Å². The summed E-state index contributed by atoms with van der Waals surface area (Å²) < 4.78 is 5.85. The number of hydrogen-bond acceptors (Lipinski definition) is 6. The standard InChI is InChI=1S/C25H33N5O2/c1-19(32-22-8-3-2-4-9-22)24(31)29-12-10-20-18-26-25(27-23(20)11-13-29)30-16-14-28(15-17-30)21-6-5-7-21/h2-4,8-9,18-19,21H,5-7,10-17H2,1H3. The number of ether oxygens (including phenoxy) is 1. The molecule has 170 valence electrons. The molecular weight excluding hydrogens is 402 g/mol. The Balaban J connectivity index is 1.18. The van der Waals surface area contributed by atoms with Gasteiger partial charge in [-0.25, -0.2) is 9.97 Å². The Morgan fingerprint density at radius 3 is 2.50 bits per heavy atom. The lowest BCUT2D eigenvalue weighted by Crippen LogP contribution is -2.52. The summed E-state index contributed by atoms with van der Waals surface area (Å²) in [6, 6.07) is 10.3. The molecular formula is C25H33N5O2. The summed E-state index contributed by atoms with van der Waals surface area (Å²) in [5.41, 5.74) is 2.25.